The molecular weight excluding hydrogens is 468 g/mol. The number of ether oxygens (including phenoxy) is 2. The van der Waals surface area contributed by atoms with Crippen molar-refractivity contribution in [3.8, 4) is 28.4 Å². The molecule has 0 saturated heterocycles. The number of rotatable bonds is 9. The second kappa shape index (κ2) is 11.4. The Morgan fingerprint density at radius 3 is 2.30 bits per heavy atom. The van der Waals surface area contributed by atoms with E-state index in [-0.39, 0.29) is 18.4 Å². The Balaban J connectivity index is 1.63. The number of aryl methyl sites for hydroxylation is 1. The molecule has 0 atom stereocenters. The summed E-state index contributed by atoms with van der Waals surface area (Å²) in [6, 6.07) is 22.5. The maximum absolute atomic E-state index is 13.1. The summed E-state index contributed by atoms with van der Waals surface area (Å²) in [5.41, 5.74) is 3.92. The number of nitrogens with one attached hydrogen (secondary N) is 1. The first-order valence-electron chi connectivity index (χ1n) is 12.0. The van der Waals surface area contributed by atoms with Crippen LogP contribution >= 0.6 is 0 Å². The van der Waals surface area contributed by atoms with Crippen molar-refractivity contribution in [3.63, 3.8) is 0 Å². The van der Waals surface area contributed by atoms with E-state index >= 15 is 0 Å². The lowest BCUT2D eigenvalue weighted by Crippen LogP contribution is -2.38. The molecule has 1 N–H and O–H groups in total. The van der Waals surface area contributed by atoms with Crippen molar-refractivity contribution in [2.24, 2.45) is 0 Å². The van der Waals surface area contributed by atoms with Gasteiger partial charge in [0.25, 0.3) is 5.91 Å². The van der Waals surface area contributed by atoms with Crippen LogP contribution < -0.4 is 14.8 Å². The van der Waals surface area contributed by atoms with Crippen LogP contribution in [-0.2, 0) is 4.79 Å². The number of methoxy groups -OCH3 is 2. The molecule has 0 spiro atoms. The van der Waals surface area contributed by atoms with E-state index in [4.69, 9.17) is 14.5 Å². The summed E-state index contributed by atoms with van der Waals surface area (Å²) in [7, 11) is 3.14. The van der Waals surface area contributed by atoms with E-state index in [9.17, 15) is 9.59 Å². The number of hydrogen-bond donors (Lipinski definition) is 1. The molecule has 0 aliphatic carbocycles. The van der Waals surface area contributed by atoms with Gasteiger partial charge in [-0.25, -0.2) is 4.98 Å². The Morgan fingerprint density at radius 1 is 0.946 bits per heavy atom. The Hall–Kier alpha value is -4.59. The molecule has 8 nitrogen and oxygen atoms in total. The van der Waals surface area contributed by atoms with Gasteiger partial charge in [0.05, 0.1) is 25.6 Å². The first kappa shape index (κ1) is 25.5. The fourth-order valence-electron chi connectivity index (χ4n) is 3.93. The van der Waals surface area contributed by atoms with Crippen LogP contribution in [0.3, 0.4) is 0 Å². The SMILES string of the molecule is CCN(CC(=O)Nc1nc(-c2ccccc2)cn1-c1ccc(OC)c(OC)c1)C(=O)c1ccc(C)cc1. The van der Waals surface area contributed by atoms with Crippen molar-refractivity contribution in [2.45, 2.75) is 13.8 Å². The predicted octanol–water partition coefficient (Wildman–Crippen LogP) is 4.97. The lowest BCUT2D eigenvalue weighted by Gasteiger charge is -2.20. The molecule has 8 heteroatoms. The molecule has 0 radical (unpaired) electrons. The number of carbonyl (C=O) groups is 2. The normalized spacial score (nSPS) is 10.6. The Bertz CT molecular complexity index is 1380. The Labute approximate surface area is 216 Å². The molecule has 2 amide bonds. The van der Waals surface area contributed by atoms with Crippen LogP contribution in [0.1, 0.15) is 22.8 Å². The number of anilines is 1. The van der Waals surface area contributed by atoms with Gasteiger partial charge in [-0.2, -0.15) is 0 Å². The minimum absolute atomic E-state index is 0.108. The third kappa shape index (κ3) is 5.81. The van der Waals surface area contributed by atoms with Gasteiger partial charge in [-0.3, -0.25) is 19.5 Å². The molecule has 37 heavy (non-hydrogen) atoms. The highest BCUT2D eigenvalue weighted by atomic mass is 16.5. The Morgan fingerprint density at radius 2 is 1.65 bits per heavy atom. The number of benzene rings is 3. The van der Waals surface area contributed by atoms with Gasteiger partial charge in [0.1, 0.15) is 6.54 Å². The molecular formula is C29H30N4O4. The van der Waals surface area contributed by atoms with Crippen LogP contribution in [0.2, 0.25) is 0 Å². The van der Waals surface area contributed by atoms with Gasteiger partial charge < -0.3 is 14.4 Å². The van der Waals surface area contributed by atoms with Crippen LogP contribution in [0, 0.1) is 6.92 Å². The largest absolute Gasteiger partial charge is 0.493 e. The van der Waals surface area contributed by atoms with E-state index in [1.165, 1.54) is 4.90 Å². The number of carbonyl (C=O) groups excluding carboxylic acids is 2. The van der Waals surface area contributed by atoms with Crippen molar-refractivity contribution >= 4 is 17.8 Å². The maximum atomic E-state index is 13.1. The van der Waals surface area contributed by atoms with E-state index in [1.54, 1.807) is 37.0 Å². The summed E-state index contributed by atoms with van der Waals surface area (Å²) in [5, 5.41) is 2.89. The molecule has 3 aromatic carbocycles. The number of amides is 2. The van der Waals surface area contributed by atoms with Gasteiger partial charge in [0.2, 0.25) is 11.9 Å². The van der Waals surface area contributed by atoms with E-state index in [1.807, 2.05) is 74.6 Å². The molecule has 4 aromatic rings. The number of hydrogen-bond acceptors (Lipinski definition) is 5. The van der Waals surface area contributed by atoms with Crippen molar-refractivity contribution in [3.05, 3.63) is 90.1 Å². The molecule has 1 heterocycles. The van der Waals surface area contributed by atoms with Crippen LogP contribution in [0.5, 0.6) is 11.5 Å². The number of likely N-dealkylation sites (N-methyl/N-ethyl adjacent to an activating group) is 1. The van der Waals surface area contributed by atoms with Gasteiger partial charge in [-0.05, 0) is 38.1 Å². The summed E-state index contributed by atoms with van der Waals surface area (Å²) in [4.78, 5) is 32.3. The minimum Gasteiger partial charge on any atom is -0.493 e. The van der Waals surface area contributed by atoms with Gasteiger partial charge in [0.15, 0.2) is 11.5 Å². The topological polar surface area (TPSA) is 85.7 Å². The number of aromatic nitrogens is 2. The summed E-state index contributed by atoms with van der Waals surface area (Å²) < 4.78 is 12.6. The van der Waals surface area contributed by atoms with E-state index in [0.29, 0.717) is 35.2 Å². The fraction of sp³-hybridized carbons (Fsp3) is 0.207. The highest BCUT2D eigenvalue weighted by molar-refractivity contribution is 5.99. The van der Waals surface area contributed by atoms with Crippen molar-refractivity contribution < 1.29 is 19.1 Å². The fourth-order valence-corrected chi connectivity index (χ4v) is 3.93. The standard InChI is InChI=1S/C29H30N4O4/c1-5-32(28(35)22-13-11-20(2)12-14-22)19-27(34)31-29-30-24(21-9-7-6-8-10-21)18-33(29)23-15-16-25(36-3)26(17-23)37-4/h6-18H,5,19H2,1-4H3,(H,30,31,34). The molecule has 0 bridgehead atoms. The number of imidazole rings is 1. The van der Waals surface area contributed by atoms with E-state index in [2.05, 4.69) is 5.32 Å². The molecule has 0 aliphatic heterocycles. The van der Waals surface area contributed by atoms with Gasteiger partial charge in [0, 0.05) is 29.9 Å². The van der Waals surface area contributed by atoms with Crippen LogP contribution in [0.15, 0.2) is 79.0 Å². The predicted molar refractivity (Wildman–Crippen MR) is 143 cm³/mol. The second-order valence-corrected chi connectivity index (χ2v) is 8.46. The lowest BCUT2D eigenvalue weighted by atomic mass is 10.1. The summed E-state index contributed by atoms with van der Waals surface area (Å²) in [6.07, 6.45) is 1.85. The monoisotopic (exact) mass is 498 g/mol. The highest BCUT2D eigenvalue weighted by Gasteiger charge is 2.20. The molecule has 0 fully saturated rings. The molecule has 0 saturated carbocycles. The summed E-state index contributed by atoms with van der Waals surface area (Å²) in [5.74, 6) is 0.913. The maximum Gasteiger partial charge on any atom is 0.254 e. The van der Waals surface area contributed by atoms with Crippen molar-refractivity contribution in [1.29, 1.82) is 0 Å². The lowest BCUT2D eigenvalue weighted by molar-refractivity contribution is -0.116. The molecule has 0 aliphatic rings. The third-order valence-corrected chi connectivity index (χ3v) is 5.97. The van der Waals surface area contributed by atoms with Crippen molar-refractivity contribution in [1.82, 2.24) is 14.5 Å². The van der Waals surface area contributed by atoms with Gasteiger partial charge in [-0.1, -0.05) is 48.0 Å². The van der Waals surface area contributed by atoms with Crippen LogP contribution in [0.4, 0.5) is 5.95 Å². The average Bonchev–Trinajstić information content (AvgIpc) is 3.35. The zero-order valence-electron chi connectivity index (χ0n) is 21.4. The average molecular weight is 499 g/mol. The van der Waals surface area contributed by atoms with Gasteiger partial charge in [-0.15, -0.1) is 0 Å². The summed E-state index contributed by atoms with van der Waals surface area (Å²) >= 11 is 0. The van der Waals surface area contributed by atoms with E-state index < -0.39 is 0 Å². The summed E-state index contributed by atoms with van der Waals surface area (Å²) in [6.45, 7) is 4.09. The third-order valence-electron chi connectivity index (χ3n) is 5.97. The molecule has 1 aromatic heterocycles. The smallest absolute Gasteiger partial charge is 0.254 e. The molecule has 0 unspecified atom stereocenters. The van der Waals surface area contributed by atoms with Gasteiger partial charge >= 0.3 is 0 Å². The quantitative estimate of drug-likeness (QED) is 0.352. The zero-order chi connectivity index (χ0) is 26.4. The van der Waals surface area contributed by atoms with Crippen molar-refractivity contribution in [2.75, 3.05) is 32.6 Å². The van der Waals surface area contributed by atoms with E-state index in [0.717, 1.165) is 16.8 Å². The first-order chi connectivity index (χ1) is 17.9. The Kier molecular flexibility index (Phi) is 7.88. The zero-order valence-corrected chi connectivity index (χ0v) is 21.4. The highest BCUT2D eigenvalue weighted by Crippen LogP contribution is 2.31. The molecule has 4 rings (SSSR count). The molecule has 190 valence electrons. The first-order valence-corrected chi connectivity index (χ1v) is 12.0. The number of nitrogens with zero attached hydrogens (tertiary/aromatic N) is 3. The van der Waals surface area contributed by atoms with Crippen LogP contribution in [0.25, 0.3) is 16.9 Å². The second-order valence-electron chi connectivity index (χ2n) is 8.46. The minimum atomic E-state index is -0.353. The van der Waals surface area contributed by atoms with Crippen LogP contribution in [-0.4, -0.2) is 53.6 Å².